The summed E-state index contributed by atoms with van der Waals surface area (Å²) in [6.07, 6.45) is 9.70. The van der Waals surface area contributed by atoms with Gasteiger partial charge in [-0.2, -0.15) is 0 Å². The lowest BCUT2D eigenvalue weighted by molar-refractivity contribution is -0.125. The van der Waals surface area contributed by atoms with E-state index in [4.69, 9.17) is 10.9 Å². The van der Waals surface area contributed by atoms with Gasteiger partial charge in [-0.15, -0.1) is 0 Å². The number of amidine groups is 1. The smallest absolute Gasteiger partial charge is 0.234 e. The SMILES string of the molecule is NC(=NO)C1(C(=O)NC2CCCCCCC2)CC1. The molecule has 0 radical (unpaired) electrons. The van der Waals surface area contributed by atoms with Crippen LogP contribution >= 0.6 is 0 Å². The predicted octanol–water partition coefficient (Wildman–Crippen LogP) is 1.74. The molecule has 1 amide bonds. The Kier molecular flexibility index (Phi) is 4.09. The van der Waals surface area contributed by atoms with Crippen molar-refractivity contribution >= 4 is 11.7 Å². The molecule has 0 aromatic heterocycles. The lowest BCUT2D eigenvalue weighted by atomic mass is 9.95. The Morgan fingerprint density at radius 2 is 1.72 bits per heavy atom. The van der Waals surface area contributed by atoms with E-state index in [1.165, 1.54) is 32.1 Å². The number of amides is 1. The molecule has 5 nitrogen and oxygen atoms in total. The highest BCUT2D eigenvalue weighted by Gasteiger charge is 2.54. The molecule has 0 heterocycles. The Balaban J connectivity index is 1.90. The first-order valence-corrected chi connectivity index (χ1v) is 6.98. The van der Waals surface area contributed by atoms with Gasteiger partial charge in [-0.05, 0) is 25.7 Å². The number of hydrogen-bond acceptors (Lipinski definition) is 3. The van der Waals surface area contributed by atoms with Crippen LogP contribution in [-0.2, 0) is 4.79 Å². The fourth-order valence-electron chi connectivity index (χ4n) is 2.74. The number of oxime groups is 1. The third kappa shape index (κ3) is 2.76. The largest absolute Gasteiger partial charge is 0.409 e. The van der Waals surface area contributed by atoms with Crippen molar-refractivity contribution in [2.45, 2.75) is 63.8 Å². The fraction of sp³-hybridized carbons (Fsp3) is 0.846. The number of nitrogens with zero attached hydrogens (tertiary/aromatic N) is 1. The molecule has 5 heteroatoms. The number of nitrogens with two attached hydrogens (primary N) is 1. The summed E-state index contributed by atoms with van der Waals surface area (Å²) < 4.78 is 0. The molecule has 102 valence electrons. The molecule has 2 rings (SSSR count). The van der Waals surface area contributed by atoms with Crippen LogP contribution in [0.5, 0.6) is 0 Å². The van der Waals surface area contributed by atoms with Gasteiger partial charge in [-0.3, -0.25) is 4.79 Å². The topological polar surface area (TPSA) is 87.7 Å². The molecule has 0 aromatic carbocycles. The highest BCUT2D eigenvalue weighted by atomic mass is 16.4. The summed E-state index contributed by atoms with van der Waals surface area (Å²) in [5.74, 6) is 0.00853. The van der Waals surface area contributed by atoms with Gasteiger partial charge in [0.15, 0.2) is 5.84 Å². The molecule has 0 unspecified atom stereocenters. The summed E-state index contributed by atoms with van der Waals surface area (Å²) in [4.78, 5) is 12.2. The van der Waals surface area contributed by atoms with Crippen molar-refractivity contribution < 1.29 is 10.0 Å². The first-order chi connectivity index (χ1) is 8.69. The number of hydrogen-bond donors (Lipinski definition) is 3. The highest BCUT2D eigenvalue weighted by molar-refractivity contribution is 6.09. The van der Waals surface area contributed by atoms with Crippen molar-refractivity contribution in [1.82, 2.24) is 5.32 Å². The second-order valence-corrected chi connectivity index (χ2v) is 5.58. The number of carbonyl (C=O) groups is 1. The van der Waals surface area contributed by atoms with E-state index < -0.39 is 5.41 Å². The average Bonchev–Trinajstić information content (AvgIpc) is 3.12. The van der Waals surface area contributed by atoms with E-state index in [9.17, 15) is 4.79 Å². The van der Waals surface area contributed by atoms with E-state index in [1.54, 1.807) is 0 Å². The van der Waals surface area contributed by atoms with E-state index >= 15 is 0 Å². The summed E-state index contributed by atoms with van der Waals surface area (Å²) in [6.45, 7) is 0. The molecule has 0 aliphatic heterocycles. The van der Waals surface area contributed by atoms with Crippen molar-refractivity contribution in [3.63, 3.8) is 0 Å². The van der Waals surface area contributed by atoms with Crippen LogP contribution in [-0.4, -0.2) is 23.0 Å². The minimum atomic E-state index is -0.711. The molecule has 18 heavy (non-hydrogen) atoms. The van der Waals surface area contributed by atoms with Crippen LogP contribution in [0.3, 0.4) is 0 Å². The first kappa shape index (κ1) is 13.2. The Labute approximate surface area is 108 Å². The van der Waals surface area contributed by atoms with Gasteiger partial charge in [-0.25, -0.2) is 0 Å². The van der Waals surface area contributed by atoms with Gasteiger partial charge in [0.1, 0.15) is 5.41 Å². The van der Waals surface area contributed by atoms with Gasteiger partial charge < -0.3 is 16.3 Å². The lowest BCUT2D eigenvalue weighted by Gasteiger charge is -2.23. The number of nitrogens with one attached hydrogen (secondary N) is 1. The predicted molar refractivity (Wildman–Crippen MR) is 69.3 cm³/mol. The fourth-order valence-corrected chi connectivity index (χ4v) is 2.74. The van der Waals surface area contributed by atoms with Gasteiger partial charge in [0.25, 0.3) is 0 Å². The monoisotopic (exact) mass is 253 g/mol. The van der Waals surface area contributed by atoms with Crippen LogP contribution < -0.4 is 11.1 Å². The Morgan fingerprint density at radius 3 is 2.22 bits per heavy atom. The minimum Gasteiger partial charge on any atom is -0.409 e. The van der Waals surface area contributed by atoms with Crippen molar-refractivity contribution in [3.05, 3.63) is 0 Å². The molecule has 2 aliphatic rings. The maximum Gasteiger partial charge on any atom is 0.234 e. The molecular formula is C13H23N3O2. The maximum absolute atomic E-state index is 12.2. The number of rotatable bonds is 3. The zero-order valence-corrected chi connectivity index (χ0v) is 10.8. The summed E-state index contributed by atoms with van der Waals surface area (Å²) >= 11 is 0. The first-order valence-electron chi connectivity index (χ1n) is 6.98. The van der Waals surface area contributed by atoms with Gasteiger partial charge >= 0.3 is 0 Å². The van der Waals surface area contributed by atoms with Crippen LogP contribution in [0.15, 0.2) is 5.16 Å². The zero-order valence-electron chi connectivity index (χ0n) is 10.8. The molecule has 0 saturated heterocycles. The van der Waals surface area contributed by atoms with Crippen molar-refractivity contribution in [2.75, 3.05) is 0 Å². The van der Waals surface area contributed by atoms with E-state index in [0.717, 1.165) is 12.8 Å². The molecule has 0 spiro atoms. The zero-order chi connectivity index (χ0) is 13.0. The van der Waals surface area contributed by atoms with Gasteiger partial charge in [-0.1, -0.05) is 37.3 Å². The Bertz CT molecular complexity index is 329. The lowest BCUT2D eigenvalue weighted by Crippen LogP contribution is -2.45. The summed E-state index contributed by atoms with van der Waals surface area (Å²) in [5, 5.41) is 14.8. The van der Waals surface area contributed by atoms with E-state index in [2.05, 4.69) is 10.5 Å². The van der Waals surface area contributed by atoms with E-state index in [1.807, 2.05) is 0 Å². The van der Waals surface area contributed by atoms with Crippen LogP contribution in [0.25, 0.3) is 0 Å². The highest BCUT2D eigenvalue weighted by Crippen LogP contribution is 2.46. The third-order valence-corrected chi connectivity index (χ3v) is 4.22. The molecule has 2 saturated carbocycles. The molecule has 0 atom stereocenters. The minimum absolute atomic E-state index is 0.0524. The quantitative estimate of drug-likeness (QED) is 0.310. The summed E-state index contributed by atoms with van der Waals surface area (Å²) in [5.41, 5.74) is 4.90. The van der Waals surface area contributed by atoms with Crippen LogP contribution in [0, 0.1) is 5.41 Å². The van der Waals surface area contributed by atoms with Gasteiger partial charge in [0.05, 0.1) is 0 Å². The molecular weight excluding hydrogens is 230 g/mol. The normalized spacial score (nSPS) is 25.0. The standard InChI is InChI=1S/C13H23N3O2/c14-11(16-18)13(8-9-13)12(17)15-10-6-4-2-1-3-5-7-10/h10,18H,1-9H2,(H2,14,16)(H,15,17). The Morgan fingerprint density at radius 1 is 1.17 bits per heavy atom. The van der Waals surface area contributed by atoms with Crippen LogP contribution in [0.1, 0.15) is 57.8 Å². The second kappa shape index (κ2) is 5.59. The molecule has 2 aliphatic carbocycles. The van der Waals surface area contributed by atoms with Crippen LogP contribution in [0.2, 0.25) is 0 Å². The van der Waals surface area contributed by atoms with Crippen molar-refractivity contribution in [3.8, 4) is 0 Å². The van der Waals surface area contributed by atoms with Gasteiger partial charge in [0.2, 0.25) is 5.91 Å². The average molecular weight is 253 g/mol. The van der Waals surface area contributed by atoms with Crippen LogP contribution in [0.4, 0.5) is 0 Å². The molecule has 0 bridgehead atoms. The summed E-state index contributed by atoms with van der Waals surface area (Å²) in [7, 11) is 0. The van der Waals surface area contributed by atoms with Crippen molar-refractivity contribution in [1.29, 1.82) is 0 Å². The molecule has 4 N–H and O–H groups in total. The Hall–Kier alpha value is -1.26. The molecule has 0 aromatic rings. The van der Waals surface area contributed by atoms with E-state index in [-0.39, 0.29) is 17.8 Å². The van der Waals surface area contributed by atoms with E-state index in [0.29, 0.717) is 12.8 Å². The number of carbonyl (C=O) groups excluding carboxylic acids is 1. The van der Waals surface area contributed by atoms with Gasteiger partial charge in [0, 0.05) is 6.04 Å². The van der Waals surface area contributed by atoms with Crippen molar-refractivity contribution in [2.24, 2.45) is 16.3 Å². The third-order valence-electron chi connectivity index (χ3n) is 4.22. The molecule has 2 fully saturated rings. The maximum atomic E-state index is 12.2. The summed E-state index contributed by atoms with van der Waals surface area (Å²) in [6, 6.07) is 0.266. The second-order valence-electron chi connectivity index (χ2n) is 5.58.